The minimum atomic E-state index is -0.0823. The van der Waals surface area contributed by atoms with Crippen molar-refractivity contribution in [1.82, 2.24) is 5.32 Å². The maximum absolute atomic E-state index is 11.7. The molecule has 1 unspecified atom stereocenters. The van der Waals surface area contributed by atoms with Crippen LogP contribution in [0.3, 0.4) is 0 Å². The van der Waals surface area contributed by atoms with Gasteiger partial charge in [-0.1, -0.05) is 19.1 Å². The van der Waals surface area contributed by atoms with E-state index in [0.717, 1.165) is 6.54 Å². The van der Waals surface area contributed by atoms with Gasteiger partial charge in [-0.2, -0.15) is 5.26 Å². The first kappa shape index (κ1) is 13.2. The van der Waals surface area contributed by atoms with Crippen molar-refractivity contribution >= 4 is 11.6 Å². The summed E-state index contributed by atoms with van der Waals surface area (Å²) in [6.45, 7) is 4.79. The van der Waals surface area contributed by atoms with Crippen LogP contribution < -0.4 is 10.6 Å². The number of anilines is 1. The molecule has 90 valence electrons. The predicted octanol–water partition coefficient (Wildman–Crippen LogP) is 1.88. The summed E-state index contributed by atoms with van der Waals surface area (Å²) in [7, 11) is 0. The standard InChI is InChI=1S/C13H17N3O/c1-3-15-10(2)8-13(17)16-12-7-5-4-6-11(12)9-14/h4-7,10,15H,3,8H2,1-2H3,(H,16,17). The number of amides is 1. The van der Waals surface area contributed by atoms with Crippen molar-refractivity contribution in [2.45, 2.75) is 26.3 Å². The molecule has 4 nitrogen and oxygen atoms in total. The first-order chi connectivity index (χ1) is 8.17. The fourth-order valence-corrected chi connectivity index (χ4v) is 1.59. The zero-order valence-corrected chi connectivity index (χ0v) is 10.2. The van der Waals surface area contributed by atoms with Gasteiger partial charge >= 0.3 is 0 Å². The van der Waals surface area contributed by atoms with Crippen LogP contribution in [0.15, 0.2) is 24.3 Å². The highest BCUT2D eigenvalue weighted by Crippen LogP contribution is 2.13. The van der Waals surface area contributed by atoms with Gasteiger partial charge < -0.3 is 10.6 Å². The Kier molecular flexibility index (Phi) is 5.18. The number of para-hydroxylation sites is 1. The zero-order valence-electron chi connectivity index (χ0n) is 10.2. The number of carbonyl (C=O) groups excluding carboxylic acids is 1. The molecule has 1 aromatic carbocycles. The second kappa shape index (κ2) is 6.66. The molecule has 0 saturated carbocycles. The Morgan fingerprint density at radius 3 is 2.82 bits per heavy atom. The van der Waals surface area contributed by atoms with E-state index in [4.69, 9.17) is 5.26 Å². The van der Waals surface area contributed by atoms with Crippen molar-refractivity contribution in [3.63, 3.8) is 0 Å². The van der Waals surface area contributed by atoms with Crippen molar-refractivity contribution in [2.75, 3.05) is 11.9 Å². The van der Waals surface area contributed by atoms with Crippen LogP contribution in [0.25, 0.3) is 0 Å². The minimum absolute atomic E-state index is 0.0823. The van der Waals surface area contributed by atoms with Crippen LogP contribution in [0.2, 0.25) is 0 Å². The molecule has 0 aliphatic carbocycles. The first-order valence-electron chi connectivity index (χ1n) is 5.69. The molecule has 0 heterocycles. The number of hydrogen-bond donors (Lipinski definition) is 2. The molecule has 2 N–H and O–H groups in total. The third-order valence-electron chi connectivity index (χ3n) is 2.37. The smallest absolute Gasteiger partial charge is 0.225 e. The number of nitriles is 1. The number of carbonyl (C=O) groups is 1. The van der Waals surface area contributed by atoms with Crippen LogP contribution in [0.1, 0.15) is 25.8 Å². The molecule has 0 aliphatic rings. The summed E-state index contributed by atoms with van der Waals surface area (Å²) in [6.07, 6.45) is 0.396. The Morgan fingerprint density at radius 2 is 2.18 bits per heavy atom. The SMILES string of the molecule is CCNC(C)CC(=O)Nc1ccccc1C#N. The van der Waals surface area contributed by atoms with Gasteiger partial charge in [-0.25, -0.2) is 0 Å². The third kappa shape index (κ3) is 4.25. The molecule has 0 radical (unpaired) electrons. The average molecular weight is 231 g/mol. The third-order valence-corrected chi connectivity index (χ3v) is 2.37. The van der Waals surface area contributed by atoms with Crippen molar-refractivity contribution in [3.8, 4) is 6.07 Å². The maximum Gasteiger partial charge on any atom is 0.225 e. The van der Waals surface area contributed by atoms with E-state index in [1.807, 2.05) is 19.9 Å². The lowest BCUT2D eigenvalue weighted by Gasteiger charge is -2.12. The molecule has 17 heavy (non-hydrogen) atoms. The molecule has 1 aromatic rings. The van der Waals surface area contributed by atoms with E-state index in [1.54, 1.807) is 24.3 Å². The van der Waals surface area contributed by atoms with Gasteiger partial charge in [0.15, 0.2) is 0 Å². The highest BCUT2D eigenvalue weighted by atomic mass is 16.1. The van der Waals surface area contributed by atoms with E-state index in [-0.39, 0.29) is 11.9 Å². The Hall–Kier alpha value is -1.86. The zero-order chi connectivity index (χ0) is 12.7. The first-order valence-corrected chi connectivity index (χ1v) is 5.69. The van der Waals surface area contributed by atoms with Gasteiger partial charge in [0, 0.05) is 12.5 Å². The van der Waals surface area contributed by atoms with Crippen LogP contribution in [-0.4, -0.2) is 18.5 Å². The summed E-state index contributed by atoms with van der Waals surface area (Å²) in [5.74, 6) is -0.0823. The lowest BCUT2D eigenvalue weighted by molar-refractivity contribution is -0.116. The van der Waals surface area contributed by atoms with Crippen LogP contribution in [0.5, 0.6) is 0 Å². The van der Waals surface area contributed by atoms with E-state index in [0.29, 0.717) is 17.7 Å². The summed E-state index contributed by atoms with van der Waals surface area (Å²) >= 11 is 0. The highest BCUT2D eigenvalue weighted by Gasteiger charge is 2.09. The average Bonchev–Trinajstić information content (AvgIpc) is 2.29. The van der Waals surface area contributed by atoms with Crippen molar-refractivity contribution in [3.05, 3.63) is 29.8 Å². The molecule has 1 rings (SSSR count). The fourth-order valence-electron chi connectivity index (χ4n) is 1.59. The molecule has 0 bridgehead atoms. The van der Waals surface area contributed by atoms with E-state index >= 15 is 0 Å². The largest absolute Gasteiger partial charge is 0.325 e. The Morgan fingerprint density at radius 1 is 1.47 bits per heavy atom. The summed E-state index contributed by atoms with van der Waals surface area (Å²) in [5.41, 5.74) is 1.06. The lowest BCUT2D eigenvalue weighted by Crippen LogP contribution is -2.30. The molecule has 4 heteroatoms. The second-order valence-corrected chi connectivity index (χ2v) is 3.87. The van der Waals surface area contributed by atoms with Gasteiger partial charge in [0.2, 0.25) is 5.91 Å². The Bertz CT molecular complexity index is 423. The van der Waals surface area contributed by atoms with Crippen molar-refractivity contribution < 1.29 is 4.79 Å². The lowest BCUT2D eigenvalue weighted by atomic mass is 10.1. The van der Waals surface area contributed by atoms with Crippen molar-refractivity contribution in [1.29, 1.82) is 5.26 Å². The van der Waals surface area contributed by atoms with Gasteiger partial charge in [-0.05, 0) is 25.6 Å². The Labute approximate surface area is 102 Å². The second-order valence-electron chi connectivity index (χ2n) is 3.87. The molecular weight excluding hydrogens is 214 g/mol. The quantitative estimate of drug-likeness (QED) is 0.813. The molecule has 0 spiro atoms. The molecule has 0 fully saturated rings. The van der Waals surface area contributed by atoms with Gasteiger partial charge in [-0.15, -0.1) is 0 Å². The van der Waals surface area contributed by atoms with Crippen LogP contribution >= 0.6 is 0 Å². The fraction of sp³-hybridized carbons (Fsp3) is 0.385. The predicted molar refractivity (Wildman–Crippen MR) is 67.5 cm³/mol. The summed E-state index contributed by atoms with van der Waals surface area (Å²) in [4.78, 5) is 11.7. The molecule has 1 amide bonds. The molecular formula is C13H17N3O. The van der Waals surface area contributed by atoms with Gasteiger partial charge in [0.05, 0.1) is 11.3 Å². The number of hydrogen-bond acceptors (Lipinski definition) is 3. The number of rotatable bonds is 5. The number of nitrogens with zero attached hydrogens (tertiary/aromatic N) is 1. The topological polar surface area (TPSA) is 64.9 Å². The monoisotopic (exact) mass is 231 g/mol. The molecule has 0 saturated heterocycles. The summed E-state index contributed by atoms with van der Waals surface area (Å²) in [6, 6.07) is 9.17. The Balaban J connectivity index is 2.59. The minimum Gasteiger partial charge on any atom is -0.325 e. The normalized spacial score (nSPS) is 11.6. The van der Waals surface area contributed by atoms with Crippen molar-refractivity contribution in [2.24, 2.45) is 0 Å². The van der Waals surface area contributed by atoms with Crippen LogP contribution in [0, 0.1) is 11.3 Å². The van der Waals surface area contributed by atoms with Gasteiger partial charge in [0.1, 0.15) is 6.07 Å². The highest BCUT2D eigenvalue weighted by molar-refractivity contribution is 5.92. The van der Waals surface area contributed by atoms with Gasteiger partial charge in [-0.3, -0.25) is 4.79 Å². The van der Waals surface area contributed by atoms with Gasteiger partial charge in [0.25, 0.3) is 0 Å². The maximum atomic E-state index is 11.7. The van der Waals surface area contributed by atoms with Crippen LogP contribution in [0.4, 0.5) is 5.69 Å². The summed E-state index contributed by atoms with van der Waals surface area (Å²) in [5, 5.41) is 14.8. The van der Waals surface area contributed by atoms with E-state index in [9.17, 15) is 4.79 Å². The van der Waals surface area contributed by atoms with E-state index in [1.165, 1.54) is 0 Å². The number of nitrogens with one attached hydrogen (secondary N) is 2. The molecule has 0 aliphatic heterocycles. The number of benzene rings is 1. The van der Waals surface area contributed by atoms with Crippen LogP contribution in [-0.2, 0) is 4.79 Å². The molecule has 1 atom stereocenters. The summed E-state index contributed by atoms with van der Waals surface area (Å²) < 4.78 is 0. The van der Waals surface area contributed by atoms with E-state index in [2.05, 4.69) is 10.6 Å². The molecule has 0 aromatic heterocycles. The van der Waals surface area contributed by atoms with E-state index < -0.39 is 0 Å².